The maximum Gasteiger partial charge on any atom is 0.246 e. The summed E-state index contributed by atoms with van der Waals surface area (Å²) in [6.45, 7) is 6.89. The molecule has 0 spiro atoms. The Balaban J connectivity index is 2.39. The maximum atomic E-state index is 12.9. The van der Waals surface area contributed by atoms with Crippen LogP contribution in [-0.4, -0.2) is 60.0 Å². The minimum absolute atomic E-state index is 0.0734. The van der Waals surface area contributed by atoms with Crippen LogP contribution in [0, 0.1) is 13.8 Å². The van der Waals surface area contributed by atoms with Gasteiger partial charge in [-0.3, -0.25) is 4.68 Å². The van der Waals surface area contributed by atoms with Gasteiger partial charge < -0.3 is 9.84 Å². The quantitative estimate of drug-likeness (QED) is 0.863. The molecule has 0 aromatic carbocycles. The van der Waals surface area contributed by atoms with Crippen LogP contribution in [0.5, 0.6) is 0 Å². The molecular formula is C13H23N3O4S. The summed E-state index contributed by atoms with van der Waals surface area (Å²) in [6, 6.07) is 0. The molecule has 0 amide bonds. The highest BCUT2D eigenvalue weighted by molar-refractivity contribution is 7.89. The van der Waals surface area contributed by atoms with E-state index in [9.17, 15) is 8.42 Å². The Kier molecular flexibility index (Phi) is 5.03. The Bertz CT molecular complexity index is 597. The van der Waals surface area contributed by atoms with E-state index in [-0.39, 0.29) is 17.6 Å². The Labute approximate surface area is 125 Å². The van der Waals surface area contributed by atoms with Crippen molar-refractivity contribution in [2.45, 2.75) is 44.7 Å². The van der Waals surface area contributed by atoms with Gasteiger partial charge in [0.25, 0.3) is 0 Å². The van der Waals surface area contributed by atoms with Crippen LogP contribution in [0.3, 0.4) is 0 Å². The molecule has 1 unspecified atom stereocenters. The number of aliphatic hydroxyl groups excluding tert-OH is 1. The second-order valence-electron chi connectivity index (χ2n) is 5.34. The van der Waals surface area contributed by atoms with Crippen molar-refractivity contribution in [1.82, 2.24) is 14.1 Å². The second-order valence-corrected chi connectivity index (χ2v) is 7.22. The molecule has 1 aromatic heterocycles. The first-order chi connectivity index (χ1) is 9.87. The van der Waals surface area contributed by atoms with Gasteiger partial charge in [0, 0.05) is 19.7 Å². The van der Waals surface area contributed by atoms with Gasteiger partial charge in [-0.1, -0.05) is 0 Å². The first-order valence-corrected chi connectivity index (χ1v) is 8.58. The van der Waals surface area contributed by atoms with Crippen molar-refractivity contribution in [2.75, 3.05) is 26.3 Å². The Morgan fingerprint density at radius 3 is 2.81 bits per heavy atom. The fraction of sp³-hybridized carbons (Fsp3) is 0.769. The summed E-state index contributed by atoms with van der Waals surface area (Å²) in [5.74, 6) is 0. The minimum atomic E-state index is -3.59. The molecule has 120 valence electrons. The third kappa shape index (κ3) is 3.28. The third-order valence-electron chi connectivity index (χ3n) is 3.64. The molecule has 2 rings (SSSR count). The van der Waals surface area contributed by atoms with E-state index in [1.165, 1.54) is 4.31 Å². The molecule has 8 heteroatoms. The van der Waals surface area contributed by atoms with Gasteiger partial charge in [0.05, 0.1) is 30.6 Å². The van der Waals surface area contributed by atoms with E-state index in [1.807, 2.05) is 6.92 Å². The lowest BCUT2D eigenvalue weighted by Crippen LogP contribution is -2.36. The molecule has 1 aromatic rings. The molecule has 1 fully saturated rings. The maximum absolute atomic E-state index is 12.9. The molecule has 1 aliphatic rings. The molecule has 1 N–H and O–H groups in total. The summed E-state index contributed by atoms with van der Waals surface area (Å²) in [6.07, 6.45) is 0.572. The molecule has 7 nitrogen and oxygen atoms in total. The largest absolute Gasteiger partial charge is 0.394 e. The molecule has 0 saturated carbocycles. The lowest BCUT2D eigenvalue weighted by molar-refractivity contribution is 0.0752. The molecule has 2 heterocycles. The average Bonchev–Trinajstić information content (AvgIpc) is 2.59. The van der Waals surface area contributed by atoms with Crippen molar-refractivity contribution in [2.24, 2.45) is 0 Å². The molecule has 0 aliphatic carbocycles. The van der Waals surface area contributed by atoms with Gasteiger partial charge in [-0.05, 0) is 27.2 Å². The smallest absolute Gasteiger partial charge is 0.246 e. The van der Waals surface area contributed by atoms with E-state index < -0.39 is 10.0 Å². The monoisotopic (exact) mass is 317 g/mol. The second kappa shape index (κ2) is 6.43. The Morgan fingerprint density at radius 1 is 1.43 bits per heavy atom. The van der Waals surface area contributed by atoms with Crippen LogP contribution in [-0.2, 0) is 21.3 Å². The van der Waals surface area contributed by atoms with Gasteiger partial charge in [0.2, 0.25) is 10.0 Å². The van der Waals surface area contributed by atoms with Gasteiger partial charge in [-0.2, -0.15) is 9.40 Å². The normalized spacial score (nSPS) is 21.4. The number of rotatable bonds is 4. The number of hydrogen-bond donors (Lipinski definition) is 1. The number of aliphatic hydroxyl groups is 1. The number of aryl methyl sites for hydroxylation is 1. The van der Waals surface area contributed by atoms with Gasteiger partial charge in [0.1, 0.15) is 4.90 Å². The van der Waals surface area contributed by atoms with Crippen molar-refractivity contribution >= 4 is 10.0 Å². The van der Waals surface area contributed by atoms with E-state index in [2.05, 4.69) is 5.10 Å². The predicted octanol–water partition coefficient (Wildman–Crippen LogP) is 0.292. The zero-order valence-electron chi connectivity index (χ0n) is 12.7. The fourth-order valence-corrected chi connectivity index (χ4v) is 4.60. The van der Waals surface area contributed by atoms with Gasteiger partial charge >= 0.3 is 0 Å². The number of nitrogens with zero attached hydrogens (tertiary/aromatic N) is 3. The summed E-state index contributed by atoms with van der Waals surface area (Å²) < 4.78 is 34.3. The molecule has 1 saturated heterocycles. The highest BCUT2D eigenvalue weighted by Gasteiger charge is 2.32. The van der Waals surface area contributed by atoms with Crippen LogP contribution in [0.2, 0.25) is 0 Å². The zero-order valence-corrected chi connectivity index (χ0v) is 13.6. The van der Waals surface area contributed by atoms with Crippen LogP contribution in [0.4, 0.5) is 0 Å². The average molecular weight is 317 g/mol. The van der Waals surface area contributed by atoms with Gasteiger partial charge in [-0.25, -0.2) is 8.42 Å². The lowest BCUT2D eigenvalue weighted by atomic mass is 10.4. The Hall–Kier alpha value is -0.960. The number of sulfonamides is 1. The summed E-state index contributed by atoms with van der Waals surface area (Å²) in [4.78, 5) is 0.255. The fourth-order valence-electron chi connectivity index (χ4n) is 2.67. The summed E-state index contributed by atoms with van der Waals surface area (Å²) in [5.41, 5.74) is 1.04. The molecule has 1 atom stereocenters. The molecule has 0 bridgehead atoms. The van der Waals surface area contributed by atoms with Gasteiger partial charge in [0.15, 0.2) is 0 Å². The Morgan fingerprint density at radius 2 is 2.14 bits per heavy atom. The number of ether oxygens (including phenoxy) is 1. The first-order valence-electron chi connectivity index (χ1n) is 7.14. The summed E-state index contributed by atoms with van der Waals surface area (Å²) in [5, 5.41) is 13.3. The molecular weight excluding hydrogens is 294 g/mol. The van der Waals surface area contributed by atoms with E-state index in [4.69, 9.17) is 9.84 Å². The van der Waals surface area contributed by atoms with E-state index in [0.29, 0.717) is 44.0 Å². The zero-order chi connectivity index (χ0) is 15.6. The summed E-state index contributed by atoms with van der Waals surface area (Å²) >= 11 is 0. The summed E-state index contributed by atoms with van der Waals surface area (Å²) in [7, 11) is -3.59. The van der Waals surface area contributed by atoms with Crippen LogP contribution in [0.25, 0.3) is 0 Å². The van der Waals surface area contributed by atoms with E-state index >= 15 is 0 Å². The van der Waals surface area contributed by atoms with Crippen molar-refractivity contribution in [3.05, 3.63) is 11.4 Å². The predicted molar refractivity (Wildman–Crippen MR) is 77.6 cm³/mol. The first kappa shape index (κ1) is 16.4. The van der Waals surface area contributed by atoms with Crippen molar-refractivity contribution in [3.63, 3.8) is 0 Å². The molecule has 1 aliphatic heterocycles. The number of hydrogen-bond acceptors (Lipinski definition) is 5. The van der Waals surface area contributed by atoms with E-state index in [0.717, 1.165) is 0 Å². The number of aromatic nitrogens is 2. The van der Waals surface area contributed by atoms with Crippen LogP contribution in [0.15, 0.2) is 4.90 Å². The third-order valence-corrected chi connectivity index (χ3v) is 5.76. The van der Waals surface area contributed by atoms with Crippen LogP contribution >= 0.6 is 0 Å². The SMILES string of the molecule is Cc1nn(CCO)c(C)c1S(=O)(=O)N1CCCOC(C)C1. The van der Waals surface area contributed by atoms with Crippen molar-refractivity contribution in [3.8, 4) is 0 Å². The lowest BCUT2D eigenvalue weighted by Gasteiger charge is -2.21. The topological polar surface area (TPSA) is 84.7 Å². The van der Waals surface area contributed by atoms with Crippen LogP contribution in [0.1, 0.15) is 24.7 Å². The standard InChI is InChI=1S/C13H23N3O4S/c1-10-9-15(5-4-8-20-10)21(18,19)13-11(2)14-16(6-7-17)12(13)3/h10,17H,4-9H2,1-3H3. The highest BCUT2D eigenvalue weighted by Crippen LogP contribution is 2.25. The molecule has 21 heavy (non-hydrogen) atoms. The van der Waals surface area contributed by atoms with Crippen LogP contribution < -0.4 is 0 Å². The molecule has 0 radical (unpaired) electrons. The van der Waals surface area contributed by atoms with Crippen molar-refractivity contribution < 1.29 is 18.3 Å². The van der Waals surface area contributed by atoms with Crippen molar-refractivity contribution in [1.29, 1.82) is 0 Å². The van der Waals surface area contributed by atoms with E-state index in [1.54, 1.807) is 18.5 Å². The highest BCUT2D eigenvalue weighted by atomic mass is 32.2. The minimum Gasteiger partial charge on any atom is -0.394 e. The van der Waals surface area contributed by atoms with Gasteiger partial charge in [-0.15, -0.1) is 0 Å².